The summed E-state index contributed by atoms with van der Waals surface area (Å²) in [5.74, 6) is -0.133. The lowest BCUT2D eigenvalue weighted by Gasteiger charge is -2.38. The number of hydrogen-bond donors (Lipinski definition) is 3. The molecule has 2 aromatic rings. The Bertz CT molecular complexity index is 892. The van der Waals surface area contributed by atoms with Gasteiger partial charge in [-0.3, -0.25) is 19.6 Å². The number of likely N-dealkylation sites (tertiary alicyclic amines) is 2. The van der Waals surface area contributed by atoms with Crippen LogP contribution in [-0.2, 0) is 9.53 Å². The quantitative estimate of drug-likeness (QED) is 0.588. The highest BCUT2D eigenvalue weighted by atomic mass is 16.5. The fraction of sp³-hybridized carbons (Fsp3) is 0.571. The van der Waals surface area contributed by atoms with Crippen molar-refractivity contribution in [2.24, 2.45) is 0 Å². The van der Waals surface area contributed by atoms with E-state index in [2.05, 4.69) is 20.4 Å². The average molecular weight is 415 g/mol. The van der Waals surface area contributed by atoms with Crippen LogP contribution in [-0.4, -0.2) is 95.0 Å². The molecule has 3 heterocycles. The Hall–Kier alpha value is -2.49. The maximum absolute atomic E-state index is 13.0. The van der Waals surface area contributed by atoms with Crippen molar-refractivity contribution in [3.05, 3.63) is 30.0 Å². The number of aliphatic hydroxyl groups excluding tert-OH is 1. The van der Waals surface area contributed by atoms with Crippen molar-refractivity contribution in [1.82, 2.24) is 25.3 Å². The van der Waals surface area contributed by atoms with E-state index in [1.165, 1.54) is 0 Å². The van der Waals surface area contributed by atoms with E-state index in [-0.39, 0.29) is 23.9 Å². The molecule has 9 heteroatoms. The van der Waals surface area contributed by atoms with Crippen LogP contribution in [0.4, 0.5) is 0 Å². The molecule has 4 rings (SSSR count). The third kappa shape index (κ3) is 4.19. The number of methoxy groups -OCH3 is 1. The van der Waals surface area contributed by atoms with Gasteiger partial charge in [0.05, 0.1) is 24.3 Å². The van der Waals surface area contributed by atoms with Gasteiger partial charge in [-0.2, -0.15) is 5.10 Å². The van der Waals surface area contributed by atoms with E-state index in [4.69, 9.17) is 4.74 Å². The van der Waals surface area contributed by atoms with Crippen LogP contribution in [0.25, 0.3) is 10.9 Å². The van der Waals surface area contributed by atoms with Crippen LogP contribution < -0.4 is 5.32 Å². The number of piperidine rings is 1. The van der Waals surface area contributed by atoms with Gasteiger partial charge in [-0.15, -0.1) is 0 Å². The Kier molecular flexibility index (Phi) is 6.31. The van der Waals surface area contributed by atoms with E-state index >= 15 is 0 Å². The highest BCUT2D eigenvalue weighted by molar-refractivity contribution is 6.04. The molecule has 2 fully saturated rings. The number of aromatic amines is 1. The molecule has 1 aromatic heterocycles. The maximum atomic E-state index is 13.0. The molecule has 0 unspecified atom stereocenters. The number of aromatic nitrogens is 2. The van der Waals surface area contributed by atoms with Gasteiger partial charge in [0.25, 0.3) is 5.91 Å². The van der Waals surface area contributed by atoms with Crippen molar-refractivity contribution < 1.29 is 19.4 Å². The molecule has 2 aliphatic rings. The number of H-pyrrole nitrogens is 1. The predicted molar refractivity (Wildman–Crippen MR) is 111 cm³/mol. The van der Waals surface area contributed by atoms with Crippen molar-refractivity contribution >= 4 is 22.7 Å². The first-order valence-electron chi connectivity index (χ1n) is 10.5. The fourth-order valence-electron chi connectivity index (χ4n) is 4.57. The molecular formula is C21H29N5O4. The monoisotopic (exact) mass is 415 g/mol. The third-order valence-electron chi connectivity index (χ3n) is 6.12. The van der Waals surface area contributed by atoms with Crippen molar-refractivity contribution in [2.45, 2.75) is 37.5 Å². The van der Waals surface area contributed by atoms with Crippen molar-refractivity contribution in [3.63, 3.8) is 0 Å². The summed E-state index contributed by atoms with van der Waals surface area (Å²) in [7, 11) is 1.60. The van der Waals surface area contributed by atoms with Crippen LogP contribution in [0, 0.1) is 0 Å². The third-order valence-corrected chi connectivity index (χ3v) is 6.12. The number of nitrogens with one attached hydrogen (secondary N) is 2. The first-order chi connectivity index (χ1) is 14.6. The Morgan fingerprint density at radius 2 is 2.07 bits per heavy atom. The lowest BCUT2D eigenvalue weighted by Crippen LogP contribution is -2.52. The summed E-state index contributed by atoms with van der Waals surface area (Å²) in [6.07, 6.45) is 1.47. The molecule has 0 spiro atoms. The van der Waals surface area contributed by atoms with E-state index in [9.17, 15) is 14.7 Å². The number of nitrogens with zero attached hydrogens (tertiary/aromatic N) is 3. The smallest absolute Gasteiger partial charge is 0.274 e. The zero-order valence-corrected chi connectivity index (χ0v) is 17.2. The van der Waals surface area contributed by atoms with Crippen LogP contribution in [0.2, 0.25) is 0 Å². The van der Waals surface area contributed by atoms with E-state index in [1.54, 1.807) is 7.11 Å². The number of carbonyl (C=O) groups is 2. The SMILES string of the molecule is COCCNC(=O)[C@@H]1C[C@@H](O)CN1C1CCN(C(=O)c2n[nH]c3ccccc23)CC1. The fourth-order valence-corrected chi connectivity index (χ4v) is 4.57. The van der Waals surface area contributed by atoms with Crippen LogP contribution in [0.1, 0.15) is 29.8 Å². The molecule has 9 nitrogen and oxygen atoms in total. The Balaban J connectivity index is 1.37. The summed E-state index contributed by atoms with van der Waals surface area (Å²) in [5.41, 5.74) is 1.31. The van der Waals surface area contributed by atoms with Gasteiger partial charge in [0.15, 0.2) is 5.69 Å². The van der Waals surface area contributed by atoms with Crippen LogP contribution >= 0.6 is 0 Å². The molecule has 0 bridgehead atoms. The van der Waals surface area contributed by atoms with Gasteiger partial charge in [-0.1, -0.05) is 18.2 Å². The summed E-state index contributed by atoms with van der Waals surface area (Å²) < 4.78 is 4.99. The number of fused-ring (bicyclic) bond motifs is 1. The number of amides is 2. The topological polar surface area (TPSA) is 111 Å². The number of ether oxygens (including phenoxy) is 1. The molecule has 0 radical (unpaired) electrons. The molecule has 1 aromatic carbocycles. The average Bonchev–Trinajstić information content (AvgIpc) is 3.37. The summed E-state index contributed by atoms with van der Waals surface area (Å²) in [6.45, 7) is 2.62. The van der Waals surface area contributed by atoms with Gasteiger partial charge in [0.1, 0.15) is 0 Å². The number of carbonyl (C=O) groups excluding carboxylic acids is 2. The number of rotatable bonds is 6. The molecule has 30 heavy (non-hydrogen) atoms. The van der Waals surface area contributed by atoms with E-state index in [0.717, 1.165) is 23.7 Å². The van der Waals surface area contributed by atoms with Crippen LogP contribution in [0.3, 0.4) is 0 Å². The second kappa shape index (κ2) is 9.11. The minimum atomic E-state index is -0.502. The molecule has 162 valence electrons. The summed E-state index contributed by atoms with van der Waals surface area (Å²) >= 11 is 0. The first kappa shape index (κ1) is 20.8. The second-order valence-corrected chi connectivity index (χ2v) is 8.03. The molecule has 3 N–H and O–H groups in total. The van der Waals surface area contributed by atoms with E-state index in [0.29, 0.717) is 44.9 Å². The number of hydrogen-bond acceptors (Lipinski definition) is 6. The minimum absolute atomic E-state index is 0.0647. The highest BCUT2D eigenvalue weighted by Crippen LogP contribution is 2.27. The summed E-state index contributed by atoms with van der Waals surface area (Å²) in [5, 5.41) is 21.0. The predicted octanol–water partition coefficient (Wildman–Crippen LogP) is 0.365. The van der Waals surface area contributed by atoms with E-state index < -0.39 is 6.10 Å². The second-order valence-electron chi connectivity index (χ2n) is 8.03. The van der Waals surface area contributed by atoms with Crippen LogP contribution in [0.15, 0.2) is 24.3 Å². The maximum Gasteiger partial charge on any atom is 0.274 e. The molecule has 2 atom stereocenters. The Labute approximate surface area is 175 Å². The molecular weight excluding hydrogens is 386 g/mol. The van der Waals surface area contributed by atoms with Gasteiger partial charge in [-0.25, -0.2) is 0 Å². The van der Waals surface area contributed by atoms with Gasteiger partial charge in [0, 0.05) is 44.7 Å². The van der Waals surface area contributed by atoms with Gasteiger partial charge < -0.3 is 20.1 Å². The minimum Gasteiger partial charge on any atom is -0.392 e. The van der Waals surface area contributed by atoms with Crippen molar-refractivity contribution in [3.8, 4) is 0 Å². The number of benzene rings is 1. The van der Waals surface area contributed by atoms with Crippen molar-refractivity contribution in [2.75, 3.05) is 39.9 Å². The first-order valence-corrected chi connectivity index (χ1v) is 10.5. The van der Waals surface area contributed by atoms with Gasteiger partial charge in [-0.05, 0) is 25.3 Å². The molecule has 0 aliphatic carbocycles. The Morgan fingerprint density at radius 3 is 2.83 bits per heavy atom. The van der Waals surface area contributed by atoms with E-state index in [1.807, 2.05) is 29.2 Å². The summed E-state index contributed by atoms with van der Waals surface area (Å²) in [4.78, 5) is 29.5. The normalized spacial score (nSPS) is 23.2. The number of para-hydroxylation sites is 1. The lowest BCUT2D eigenvalue weighted by molar-refractivity contribution is -0.126. The zero-order chi connectivity index (χ0) is 21.1. The highest BCUT2D eigenvalue weighted by Gasteiger charge is 2.41. The number of β-amino-alcohol motifs (C(OH)–C–C–N with tert-alkyl or cyclic N) is 1. The molecule has 2 saturated heterocycles. The van der Waals surface area contributed by atoms with Gasteiger partial charge >= 0.3 is 0 Å². The zero-order valence-electron chi connectivity index (χ0n) is 17.2. The van der Waals surface area contributed by atoms with Gasteiger partial charge in [0.2, 0.25) is 5.91 Å². The van der Waals surface area contributed by atoms with Crippen LogP contribution in [0.5, 0.6) is 0 Å². The molecule has 2 amide bonds. The van der Waals surface area contributed by atoms with Crippen molar-refractivity contribution in [1.29, 1.82) is 0 Å². The molecule has 2 aliphatic heterocycles. The number of aliphatic hydroxyl groups is 1. The molecule has 0 saturated carbocycles. The largest absolute Gasteiger partial charge is 0.392 e. The Morgan fingerprint density at radius 1 is 1.30 bits per heavy atom. The standard InChI is InChI=1S/C21H29N5O4/c1-30-11-8-22-20(28)18-12-15(27)13-26(18)14-6-9-25(10-7-14)21(29)19-16-4-2-3-5-17(16)23-24-19/h2-5,14-15,18,27H,6-13H2,1H3,(H,22,28)(H,23,24)/t15-,18+/m1/s1. The summed E-state index contributed by atoms with van der Waals surface area (Å²) in [6, 6.07) is 7.45. The lowest BCUT2D eigenvalue weighted by atomic mass is 10.0.